The van der Waals surface area contributed by atoms with Crippen molar-refractivity contribution in [2.75, 3.05) is 12.4 Å². The van der Waals surface area contributed by atoms with Crippen molar-refractivity contribution in [3.63, 3.8) is 0 Å². The van der Waals surface area contributed by atoms with Gasteiger partial charge in [0.2, 0.25) is 0 Å². The smallest absolute Gasteiger partial charge is 0.183 e. The monoisotopic (exact) mass is 222 g/mol. The molecule has 0 amide bonds. The van der Waals surface area contributed by atoms with Crippen molar-refractivity contribution in [2.24, 2.45) is 0 Å². The zero-order valence-electron chi connectivity index (χ0n) is 8.54. The number of nitrogens with zero attached hydrogens (tertiary/aromatic N) is 1. The number of thiazole rings is 1. The van der Waals surface area contributed by atoms with E-state index >= 15 is 0 Å². The molecule has 15 heavy (non-hydrogen) atoms. The summed E-state index contributed by atoms with van der Waals surface area (Å²) in [5.41, 5.74) is 1.81. The summed E-state index contributed by atoms with van der Waals surface area (Å²) in [7, 11) is 1.83. The molecule has 1 aromatic carbocycles. The Hall–Kier alpha value is -1.42. The normalized spacial score (nSPS) is 10.3. The van der Waals surface area contributed by atoms with Crippen LogP contribution in [0, 0.1) is 12.7 Å². The number of anilines is 1. The number of hydrogen-bond acceptors (Lipinski definition) is 3. The van der Waals surface area contributed by atoms with Gasteiger partial charge in [0, 0.05) is 7.05 Å². The molecule has 1 aromatic heterocycles. The highest BCUT2D eigenvalue weighted by Crippen LogP contribution is 2.32. The molecule has 0 saturated carbocycles. The lowest BCUT2D eigenvalue weighted by molar-refractivity contribution is 0.628. The third-order valence-corrected chi connectivity index (χ3v) is 3.32. The predicted molar refractivity (Wildman–Crippen MR) is 61.8 cm³/mol. The Morgan fingerprint density at radius 1 is 1.40 bits per heavy atom. The largest absolute Gasteiger partial charge is 0.365 e. The molecular weight excluding hydrogens is 211 g/mol. The number of benzene rings is 1. The second-order valence-electron chi connectivity index (χ2n) is 3.19. The maximum atomic E-state index is 13.0. The molecule has 2 aromatic rings. The van der Waals surface area contributed by atoms with Gasteiger partial charge in [0.1, 0.15) is 5.82 Å². The lowest BCUT2D eigenvalue weighted by Gasteiger charge is -1.97. The molecule has 0 unspecified atom stereocenters. The van der Waals surface area contributed by atoms with Crippen molar-refractivity contribution < 1.29 is 4.39 Å². The Morgan fingerprint density at radius 2 is 2.20 bits per heavy atom. The van der Waals surface area contributed by atoms with Crippen LogP contribution in [0.4, 0.5) is 9.52 Å². The Morgan fingerprint density at radius 3 is 2.80 bits per heavy atom. The third-order valence-electron chi connectivity index (χ3n) is 2.10. The molecule has 0 radical (unpaired) electrons. The number of rotatable bonds is 2. The molecule has 78 valence electrons. The van der Waals surface area contributed by atoms with Crippen LogP contribution in [0.25, 0.3) is 10.4 Å². The van der Waals surface area contributed by atoms with Gasteiger partial charge in [-0.25, -0.2) is 9.37 Å². The minimum Gasteiger partial charge on any atom is -0.365 e. The van der Waals surface area contributed by atoms with Gasteiger partial charge in [0.15, 0.2) is 5.13 Å². The average molecular weight is 222 g/mol. The lowest BCUT2D eigenvalue weighted by Crippen LogP contribution is -1.85. The van der Waals surface area contributed by atoms with Gasteiger partial charge in [-0.2, -0.15) is 0 Å². The Labute approximate surface area is 91.8 Å². The summed E-state index contributed by atoms with van der Waals surface area (Å²) in [5, 5.41) is 3.84. The van der Waals surface area contributed by atoms with E-state index in [1.807, 2.05) is 20.0 Å². The first-order chi connectivity index (χ1) is 7.20. The van der Waals surface area contributed by atoms with E-state index in [0.29, 0.717) is 0 Å². The predicted octanol–water partition coefficient (Wildman–Crippen LogP) is 3.30. The molecule has 1 heterocycles. The zero-order valence-corrected chi connectivity index (χ0v) is 9.36. The summed E-state index contributed by atoms with van der Waals surface area (Å²) in [6.45, 7) is 1.93. The van der Waals surface area contributed by atoms with Crippen LogP contribution in [0.15, 0.2) is 24.3 Å². The maximum Gasteiger partial charge on any atom is 0.183 e. The van der Waals surface area contributed by atoms with Crippen molar-refractivity contribution in [3.8, 4) is 10.4 Å². The lowest BCUT2D eigenvalue weighted by atomic mass is 10.1. The molecule has 0 saturated heterocycles. The van der Waals surface area contributed by atoms with E-state index in [1.165, 1.54) is 23.5 Å². The van der Waals surface area contributed by atoms with Crippen molar-refractivity contribution >= 4 is 16.5 Å². The van der Waals surface area contributed by atoms with Gasteiger partial charge in [-0.05, 0) is 24.6 Å². The van der Waals surface area contributed by atoms with Gasteiger partial charge in [-0.3, -0.25) is 0 Å². The van der Waals surface area contributed by atoms with E-state index in [1.54, 1.807) is 6.07 Å². The van der Waals surface area contributed by atoms with Gasteiger partial charge in [-0.1, -0.05) is 23.5 Å². The van der Waals surface area contributed by atoms with Crippen LogP contribution in [0.1, 0.15) is 5.69 Å². The Balaban J connectivity index is 2.48. The van der Waals surface area contributed by atoms with Gasteiger partial charge >= 0.3 is 0 Å². The topological polar surface area (TPSA) is 24.9 Å². The highest BCUT2D eigenvalue weighted by molar-refractivity contribution is 7.19. The molecule has 0 fully saturated rings. The fourth-order valence-corrected chi connectivity index (χ4v) is 2.32. The second-order valence-corrected chi connectivity index (χ2v) is 4.19. The first-order valence-electron chi connectivity index (χ1n) is 4.62. The molecule has 0 bridgehead atoms. The van der Waals surface area contributed by atoms with Gasteiger partial charge in [0.05, 0.1) is 10.6 Å². The highest BCUT2D eigenvalue weighted by Gasteiger charge is 2.08. The third kappa shape index (κ3) is 1.99. The van der Waals surface area contributed by atoms with E-state index < -0.39 is 0 Å². The van der Waals surface area contributed by atoms with Crippen molar-refractivity contribution in [2.45, 2.75) is 6.92 Å². The molecule has 0 aliphatic carbocycles. The van der Waals surface area contributed by atoms with E-state index in [0.717, 1.165) is 21.3 Å². The van der Waals surface area contributed by atoms with Crippen LogP contribution < -0.4 is 5.32 Å². The zero-order chi connectivity index (χ0) is 10.8. The Bertz CT molecular complexity index is 479. The first-order valence-corrected chi connectivity index (χ1v) is 5.43. The number of hydrogen-bond donors (Lipinski definition) is 1. The second kappa shape index (κ2) is 3.98. The molecule has 2 nitrogen and oxygen atoms in total. The van der Waals surface area contributed by atoms with Crippen LogP contribution in [0.2, 0.25) is 0 Å². The summed E-state index contributed by atoms with van der Waals surface area (Å²) in [4.78, 5) is 5.33. The van der Waals surface area contributed by atoms with E-state index in [9.17, 15) is 4.39 Å². The van der Waals surface area contributed by atoms with E-state index in [2.05, 4.69) is 10.3 Å². The SMILES string of the molecule is CNc1nc(C)c(-c2cccc(F)c2)s1. The molecule has 1 N–H and O–H groups in total. The van der Waals surface area contributed by atoms with Crippen LogP contribution >= 0.6 is 11.3 Å². The van der Waals surface area contributed by atoms with Gasteiger partial charge < -0.3 is 5.32 Å². The minimum absolute atomic E-state index is 0.216. The van der Waals surface area contributed by atoms with Gasteiger partial charge in [0.25, 0.3) is 0 Å². The van der Waals surface area contributed by atoms with Gasteiger partial charge in [-0.15, -0.1) is 0 Å². The molecular formula is C11H11FN2S. The minimum atomic E-state index is -0.216. The average Bonchev–Trinajstić information content (AvgIpc) is 2.60. The molecule has 0 aliphatic rings. The number of aromatic nitrogens is 1. The standard InChI is InChI=1S/C11H11FN2S/c1-7-10(15-11(13-2)14-7)8-4-3-5-9(12)6-8/h3-6H,1-2H3,(H,13,14). The summed E-state index contributed by atoms with van der Waals surface area (Å²) < 4.78 is 13.0. The Kier molecular flexibility index (Phi) is 2.68. The summed E-state index contributed by atoms with van der Waals surface area (Å²) in [6, 6.07) is 6.57. The highest BCUT2D eigenvalue weighted by atomic mass is 32.1. The maximum absolute atomic E-state index is 13.0. The van der Waals surface area contributed by atoms with E-state index in [4.69, 9.17) is 0 Å². The molecule has 0 spiro atoms. The fraction of sp³-hybridized carbons (Fsp3) is 0.182. The number of aryl methyl sites for hydroxylation is 1. The fourth-order valence-electron chi connectivity index (χ4n) is 1.40. The molecule has 0 aliphatic heterocycles. The summed E-state index contributed by atoms with van der Waals surface area (Å²) in [5.74, 6) is -0.216. The number of nitrogens with one attached hydrogen (secondary N) is 1. The van der Waals surface area contributed by atoms with Crippen molar-refractivity contribution in [1.82, 2.24) is 4.98 Å². The first kappa shape index (κ1) is 10.1. The van der Waals surface area contributed by atoms with Crippen LogP contribution in [-0.4, -0.2) is 12.0 Å². The molecule has 2 rings (SSSR count). The van der Waals surface area contributed by atoms with Crippen LogP contribution in [-0.2, 0) is 0 Å². The van der Waals surface area contributed by atoms with Crippen LogP contribution in [0.5, 0.6) is 0 Å². The van der Waals surface area contributed by atoms with Crippen LogP contribution in [0.3, 0.4) is 0 Å². The number of halogens is 1. The quantitative estimate of drug-likeness (QED) is 0.843. The van der Waals surface area contributed by atoms with Crippen molar-refractivity contribution in [3.05, 3.63) is 35.8 Å². The summed E-state index contributed by atoms with van der Waals surface area (Å²) in [6.07, 6.45) is 0. The molecule has 4 heteroatoms. The summed E-state index contributed by atoms with van der Waals surface area (Å²) >= 11 is 1.53. The molecule has 0 atom stereocenters. The van der Waals surface area contributed by atoms with E-state index in [-0.39, 0.29) is 5.82 Å². The van der Waals surface area contributed by atoms with Crippen molar-refractivity contribution in [1.29, 1.82) is 0 Å².